The largest absolute Gasteiger partial charge is 0.326 e. The molecule has 1 fully saturated rings. The summed E-state index contributed by atoms with van der Waals surface area (Å²) >= 11 is 6.10. The predicted octanol–water partition coefficient (Wildman–Crippen LogP) is 3.60. The number of hydrogen-bond donors (Lipinski definition) is 1. The van der Waals surface area contributed by atoms with E-state index in [4.69, 9.17) is 17.3 Å². The molecule has 100 valence electrons. The maximum Gasteiger partial charge on any atom is 0.0496 e. The van der Waals surface area contributed by atoms with Crippen LogP contribution in [-0.4, -0.2) is 24.0 Å². The van der Waals surface area contributed by atoms with Crippen molar-refractivity contribution >= 4 is 11.6 Å². The van der Waals surface area contributed by atoms with E-state index < -0.39 is 0 Å². The fourth-order valence-electron chi connectivity index (χ4n) is 3.14. The molecular weight excluding hydrogens is 244 g/mol. The number of likely N-dealkylation sites (N-methyl/N-ethyl adjacent to an activating group) is 1. The summed E-state index contributed by atoms with van der Waals surface area (Å²) in [5, 5.41) is 0.790. The molecule has 0 spiro atoms. The van der Waals surface area contributed by atoms with Crippen LogP contribution in [0.3, 0.4) is 0 Å². The third-order valence-corrected chi connectivity index (χ3v) is 4.26. The summed E-state index contributed by atoms with van der Waals surface area (Å²) in [5.41, 5.74) is 7.43. The third-order valence-electron chi connectivity index (χ3n) is 4.03. The van der Waals surface area contributed by atoms with E-state index >= 15 is 0 Å². The molecule has 0 amide bonds. The van der Waals surface area contributed by atoms with Gasteiger partial charge in [-0.05, 0) is 44.5 Å². The van der Waals surface area contributed by atoms with E-state index in [0.717, 1.165) is 5.02 Å². The second-order valence-corrected chi connectivity index (χ2v) is 5.90. The van der Waals surface area contributed by atoms with Gasteiger partial charge in [0.05, 0.1) is 0 Å². The average Bonchev–Trinajstić information content (AvgIpc) is 2.82. The first-order chi connectivity index (χ1) is 8.59. The van der Waals surface area contributed by atoms with Crippen LogP contribution in [0.25, 0.3) is 0 Å². The molecule has 2 unspecified atom stereocenters. The third kappa shape index (κ3) is 3.05. The molecule has 2 nitrogen and oxygen atoms in total. The summed E-state index contributed by atoms with van der Waals surface area (Å²) in [6.07, 6.45) is 5.27. The maximum atomic E-state index is 6.20. The highest BCUT2D eigenvalue weighted by molar-refractivity contribution is 6.30. The molecule has 1 saturated carbocycles. The maximum absolute atomic E-state index is 6.20. The van der Waals surface area contributed by atoms with Gasteiger partial charge in [0.15, 0.2) is 0 Å². The topological polar surface area (TPSA) is 29.3 Å². The van der Waals surface area contributed by atoms with E-state index in [1.807, 2.05) is 18.2 Å². The Hall–Kier alpha value is -0.570. The second-order valence-electron chi connectivity index (χ2n) is 5.46. The number of nitrogens with two attached hydrogens (primary N) is 1. The Morgan fingerprint density at radius 2 is 2.00 bits per heavy atom. The summed E-state index contributed by atoms with van der Waals surface area (Å²) in [6, 6.07) is 9.13. The number of hydrogen-bond acceptors (Lipinski definition) is 2. The minimum Gasteiger partial charge on any atom is -0.326 e. The Kier molecular flexibility index (Phi) is 4.66. The van der Waals surface area contributed by atoms with Crippen molar-refractivity contribution in [2.45, 2.75) is 50.7 Å². The van der Waals surface area contributed by atoms with Crippen molar-refractivity contribution in [3.8, 4) is 0 Å². The Labute approximate surface area is 115 Å². The molecule has 0 radical (unpaired) electrons. The molecule has 0 saturated heterocycles. The van der Waals surface area contributed by atoms with Crippen LogP contribution in [0.2, 0.25) is 5.02 Å². The molecule has 0 aliphatic heterocycles. The van der Waals surface area contributed by atoms with Gasteiger partial charge in [-0.1, -0.05) is 36.6 Å². The van der Waals surface area contributed by atoms with Crippen LogP contribution in [0.5, 0.6) is 0 Å². The van der Waals surface area contributed by atoms with Gasteiger partial charge in [0.2, 0.25) is 0 Å². The highest BCUT2D eigenvalue weighted by atomic mass is 35.5. The number of nitrogens with zero attached hydrogens (tertiary/aromatic N) is 1. The molecule has 0 bridgehead atoms. The Bertz CT molecular complexity index is 386. The number of benzene rings is 1. The zero-order valence-electron chi connectivity index (χ0n) is 11.3. The highest BCUT2D eigenvalue weighted by Crippen LogP contribution is 2.32. The standard InChI is InChI=1S/C15H23ClN2/c1-11(17)15(12-6-5-7-13(16)10-12)18(2)14-8-3-4-9-14/h5-7,10-11,14-15H,3-4,8-9,17H2,1-2H3. The minimum atomic E-state index is 0.106. The fraction of sp³-hybridized carbons (Fsp3) is 0.600. The van der Waals surface area contributed by atoms with Crippen LogP contribution < -0.4 is 5.73 Å². The van der Waals surface area contributed by atoms with Crippen LogP contribution >= 0.6 is 11.6 Å². The Balaban J connectivity index is 2.22. The van der Waals surface area contributed by atoms with Crippen LogP contribution in [-0.2, 0) is 0 Å². The van der Waals surface area contributed by atoms with Crippen molar-refractivity contribution < 1.29 is 0 Å². The molecule has 3 heteroatoms. The average molecular weight is 267 g/mol. The van der Waals surface area contributed by atoms with E-state index in [-0.39, 0.29) is 12.1 Å². The molecule has 1 aromatic carbocycles. The summed E-state index contributed by atoms with van der Waals surface area (Å²) in [7, 11) is 2.20. The highest BCUT2D eigenvalue weighted by Gasteiger charge is 2.28. The first-order valence-corrected chi connectivity index (χ1v) is 7.20. The molecule has 0 heterocycles. The summed E-state index contributed by atoms with van der Waals surface area (Å²) in [5.74, 6) is 0. The quantitative estimate of drug-likeness (QED) is 0.902. The van der Waals surface area contributed by atoms with Crippen LogP contribution in [0.4, 0.5) is 0 Å². The van der Waals surface area contributed by atoms with Gasteiger partial charge in [-0.3, -0.25) is 4.90 Å². The lowest BCUT2D eigenvalue weighted by atomic mass is 9.97. The van der Waals surface area contributed by atoms with Gasteiger partial charge in [0.1, 0.15) is 0 Å². The van der Waals surface area contributed by atoms with Gasteiger partial charge < -0.3 is 5.73 Å². The lowest BCUT2D eigenvalue weighted by molar-refractivity contribution is 0.157. The number of halogens is 1. The predicted molar refractivity (Wildman–Crippen MR) is 77.9 cm³/mol. The van der Waals surface area contributed by atoms with Crippen molar-refractivity contribution in [2.24, 2.45) is 5.73 Å². The number of rotatable bonds is 4. The van der Waals surface area contributed by atoms with Crippen LogP contribution in [0, 0.1) is 0 Å². The Morgan fingerprint density at radius 1 is 1.33 bits per heavy atom. The van der Waals surface area contributed by atoms with Gasteiger partial charge in [-0.25, -0.2) is 0 Å². The SMILES string of the molecule is CC(N)C(c1cccc(Cl)c1)N(C)C1CCCC1. The smallest absolute Gasteiger partial charge is 0.0496 e. The molecule has 1 aromatic rings. The van der Waals surface area contributed by atoms with Gasteiger partial charge in [0.25, 0.3) is 0 Å². The summed E-state index contributed by atoms with van der Waals surface area (Å²) in [6.45, 7) is 2.08. The van der Waals surface area contributed by atoms with E-state index in [0.29, 0.717) is 6.04 Å². The lowest BCUT2D eigenvalue weighted by Crippen LogP contribution is -2.41. The van der Waals surface area contributed by atoms with Gasteiger partial charge in [-0.15, -0.1) is 0 Å². The van der Waals surface area contributed by atoms with Crippen LogP contribution in [0.15, 0.2) is 24.3 Å². The van der Waals surface area contributed by atoms with E-state index in [1.165, 1.54) is 31.2 Å². The zero-order valence-corrected chi connectivity index (χ0v) is 12.0. The monoisotopic (exact) mass is 266 g/mol. The van der Waals surface area contributed by atoms with Crippen molar-refractivity contribution in [1.82, 2.24) is 4.90 Å². The summed E-state index contributed by atoms with van der Waals surface area (Å²) in [4.78, 5) is 2.45. The molecule has 2 N–H and O–H groups in total. The van der Waals surface area contributed by atoms with E-state index in [1.54, 1.807) is 0 Å². The first kappa shape index (κ1) is 13.9. The molecule has 1 aliphatic rings. The molecule has 1 aliphatic carbocycles. The molecule has 18 heavy (non-hydrogen) atoms. The Morgan fingerprint density at radius 3 is 2.56 bits per heavy atom. The first-order valence-electron chi connectivity index (χ1n) is 6.82. The lowest BCUT2D eigenvalue weighted by Gasteiger charge is -2.36. The van der Waals surface area contributed by atoms with E-state index in [2.05, 4.69) is 24.9 Å². The normalized spacial score (nSPS) is 20.3. The summed E-state index contributed by atoms with van der Waals surface area (Å²) < 4.78 is 0. The van der Waals surface area contributed by atoms with Gasteiger partial charge in [0, 0.05) is 23.1 Å². The van der Waals surface area contributed by atoms with Gasteiger partial charge in [-0.2, -0.15) is 0 Å². The van der Waals surface area contributed by atoms with E-state index in [9.17, 15) is 0 Å². The second kappa shape index (κ2) is 6.05. The van der Waals surface area contributed by atoms with Gasteiger partial charge >= 0.3 is 0 Å². The molecule has 2 atom stereocenters. The van der Waals surface area contributed by atoms with Crippen LogP contribution in [0.1, 0.15) is 44.2 Å². The molecule has 0 aromatic heterocycles. The van der Waals surface area contributed by atoms with Crippen molar-refractivity contribution in [2.75, 3.05) is 7.05 Å². The van der Waals surface area contributed by atoms with Crippen molar-refractivity contribution in [1.29, 1.82) is 0 Å². The van der Waals surface area contributed by atoms with Crippen molar-refractivity contribution in [3.63, 3.8) is 0 Å². The molecular formula is C15H23ClN2. The van der Waals surface area contributed by atoms with Crippen molar-refractivity contribution in [3.05, 3.63) is 34.9 Å². The zero-order chi connectivity index (χ0) is 13.1. The minimum absolute atomic E-state index is 0.106. The fourth-order valence-corrected chi connectivity index (χ4v) is 3.34. The molecule has 2 rings (SSSR count).